The molecule has 2 N–H and O–H groups in total. The van der Waals surface area contributed by atoms with Gasteiger partial charge in [-0.25, -0.2) is 0 Å². The molecule has 2 fully saturated rings. The Morgan fingerprint density at radius 1 is 1.40 bits per heavy atom. The van der Waals surface area contributed by atoms with Crippen molar-refractivity contribution in [1.82, 2.24) is 15.5 Å². The standard InChI is InChI=1S/C15H30N4O/c1-5-19(11(2)3)9-8-17-15(16-4)18-13-10-12-6-7-14(13)20-12/h11-14H,5-10H2,1-4H3,(H2,16,17,18). The molecule has 3 atom stereocenters. The maximum atomic E-state index is 5.87. The topological polar surface area (TPSA) is 48.9 Å². The second-order valence-electron chi connectivity index (χ2n) is 6.08. The van der Waals surface area contributed by atoms with E-state index in [9.17, 15) is 0 Å². The van der Waals surface area contributed by atoms with Crippen molar-refractivity contribution < 1.29 is 4.74 Å². The number of ether oxygens (including phenoxy) is 1. The van der Waals surface area contributed by atoms with Crippen molar-refractivity contribution in [3.05, 3.63) is 0 Å². The van der Waals surface area contributed by atoms with Gasteiger partial charge in [0.1, 0.15) is 0 Å². The molecule has 0 aromatic heterocycles. The molecule has 2 rings (SSSR count). The first-order valence-corrected chi connectivity index (χ1v) is 8.00. The van der Waals surface area contributed by atoms with Crippen molar-refractivity contribution in [1.29, 1.82) is 0 Å². The molecule has 0 spiro atoms. The van der Waals surface area contributed by atoms with Crippen LogP contribution in [0.5, 0.6) is 0 Å². The minimum absolute atomic E-state index is 0.390. The second kappa shape index (κ2) is 7.27. The van der Waals surface area contributed by atoms with E-state index < -0.39 is 0 Å². The van der Waals surface area contributed by atoms with Crippen molar-refractivity contribution in [2.45, 2.75) is 64.3 Å². The third-order valence-corrected chi connectivity index (χ3v) is 4.48. The highest BCUT2D eigenvalue weighted by Crippen LogP contribution is 2.34. The maximum Gasteiger partial charge on any atom is 0.191 e. The van der Waals surface area contributed by atoms with Gasteiger partial charge in [-0.15, -0.1) is 0 Å². The van der Waals surface area contributed by atoms with Crippen LogP contribution >= 0.6 is 0 Å². The van der Waals surface area contributed by atoms with Crippen LogP contribution in [-0.4, -0.2) is 61.8 Å². The molecule has 20 heavy (non-hydrogen) atoms. The van der Waals surface area contributed by atoms with Crippen molar-refractivity contribution in [2.75, 3.05) is 26.7 Å². The Morgan fingerprint density at radius 3 is 2.70 bits per heavy atom. The average molecular weight is 282 g/mol. The van der Waals surface area contributed by atoms with Crippen molar-refractivity contribution >= 4 is 5.96 Å². The molecule has 2 heterocycles. The molecule has 2 aliphatic heterocycles. The zero-order valence-corrected chi connectivity index (χ0v) is 13.4. The van der Waals surface area contributed by atoms with Gasteiger partial charge in [0.15, 0.2) is 5.96 Å². The third kappa shape index (κ3) is 3.85. The van der Waals surface area contributed by atoms with Crippen LogP contribution in [-0.2, 0) is 4.74 Å². The Labute approximate surface area is 123 Å². The van der Waals surface area contributed by atoms with Gasteiger partial charge in [0.05, 0.1) is 18.2 Å². The summed E-state index contributed by atoms with van der Waals surface area (Å²) in [5.74, 6) is 0.908. The lowest BCUT2D eigenvalue weighted by Crippen LogP contribution is -2.49. The Morgan fingerprint density at radius 2 is 2.20 bits per heavy atom. The molecule has 2 aliphatic rings. The summed E-state index contributed by atoms with van der Waals surface area (Å²) in [6, 6.07) is 1.03. The van der Waals surface area contributed by atoms with E-state index in [1.54, 1.807) is 0 Å². The molecule has 5 heteroatoms. The molecule has 5 nitrogen and oxygen atoms in total. The van der Waals surface area contributed by atoms with Crippen LogP contribution in [0.25, 0.3) is 0 Å². The summed E-state index contributed by atoms with van der Waals surface area (Å²) in [4.78, 5) is 6.77. The Balaban J connectivity index is 1.70. The van der Waals surface area contributed by atoms with E-state index in [0.29, 0.717) is 24.3 Å². The van der Waals surface area contributed by atoms with Crippen LogP contribution < -0.4 is 10.6 Å². The molecule has 0 amide bonds. The van der Waals surface area contributed by atoms with Gasteiger partial charge in [0.25, 0.3) is 0 Å². The van der Waals surface area contributed by atoms with Gasteiger partial charge < -0.3 is 15.4 Å². The largest absolute Gasteiger partial charge is 0.373 e. The summed E-state index contributed by atoms with van der Waals surface area (Å²) in [6.45, 7) is 9.74. The number of nitrogens with one attached hydrogen (secondary N) is 2. The normalized spacial score (nSPS) is 29.5. The molecule has 116 valence electrons. The Bertz CT molecular complexity index is 332. The first-order chi connectivity index (χ1) is 9.63. The highest BCUT2D eigenvalue weighted by Gasteiger charge is 2.41. The lowest BCUT2D eigenvalue weighted by atomic mass is 9.96. The van der Waals surface area contributed by atoms with Gasteiger partial charge >= 0.3 is 0 Å². The lowest BCUT2D eigenvalue weighted by Gasteiger charge is -2.26. The summed E-state index contributed by atoms with van der Waals surface area (Å²) in [5.41, 5.74) is 0. The summed E-state index contributed by atoms with van der Waals surface area (Å²) >= 11 is 0. The van der Waals surface area contributed by atoms with Crippen LogP contribution in [0.15, 0.2) is 4.99 Å². The maximum absolute atomic E-state index is 5.87. The number of nitrogens with zero attached hydrogens (tertiary/aromatic N) is 2. The molecule has 0 aromatic rings. The number of guanidine groups is 1. The first-order valence-electron chi connectivity index (χ1n) is 8.00. The van der Waals surface area contributed by atoms with E-state index in [-0.39, 0.29) is 0 Å². The number of rotatable bonds is 6. The minimum atomic E-state index is 0.390. The zero-order valence-electron chi connectivity index (χ0n) is 13.4. The number of hydrogen-bond acceptors (Lipinski definition) is 3. The highest BCUT2D eigenvalue weighted by atomic mass is 16.5. The fraction of sp³-hybridized carbons (Fsp3) is 0.933. The predicted molar refractivity (Wildman–Crippen MR) is 83.2 cm³/mol. The first kappa shape index (κ1) is 15.6. The third-order valence-electron chi connectivity index (χ3n) is 4.48. The molecule has 0 aromatic carbocycles. The summed E-state index contributed by atoms with van der Waals surface area (Å²) in [6.07, 6.45) is 4.41. The smallest absolute Gasteiger partial charge is 0.191 e. The zero-order chi connectivity index (χ0) is 14.5. The molecule has 0 radical (unpaired) electrons. The fourth-order valence-corrected chi connectivity index (χ4v) is 3.26. The number of aliphatic imine (C=N–C) groups is 1. The number of fused-ring (bicyclic) bond motifs is 2. The quantitative estimate of drug-likeness (QED) is 0.568. The van der Waals surface area contributed by atoms with E-state index in [0.717, 1.165) is 32.0 Å². The second-order valence-corrected chi connectivity index (χ2v) is 6.08. The monoisotopic (exact) mass is 282 g/mol. The molecule has 2 bridgehead atoms. The van der Waals surface area contributed by atoms with E-state index in [2.05, 4.69) is 41.3 Å². The van der Waals surface area contributed by atoms with Crippen molar-refractivity contribution in [3.8, 4) is 0 Å². The van der Waals surface area contributed by atoms with E-state index in [4.69, 9.17) is 4.74 Å². The van der Waals surface area contributed by atoms with E-state index in [1.807, 2.05) is 7.05 Å². The van der Waals surface area contributed by atoms with E-state index in [1.165, 1.54) is 12.8 Å². The van der Waals surface area contributed by atoms with Gasteiger partial charge in [-0.05, 0) is 39.7 Å². The number of hydrogen-bond donors (Lipinski definition) is 2. The molecule has 0 aliphatic carbocycles. The van der Waals surface area contributed by atoms with Crippen LogP contribution in [0.4, 0.5) is 0 Å². The highest BCUT2D eigenvalue weighted by molar-refractivity contribution is 5.80. The van der Waals surface area contributed by atoms with E-state index >= 15 is 0 Å². The van der Waals surface area contributed by atoms with Gasteiger partial charge in [0, 0.05) is 26.2 Å². The molecular weight excluding hydrogens is 252 g/mol. The predicted octanol–water partition coefficient (Wildman–Crippen LogP) is 1.20. The van der Waals surface area contributed by atoms with Crippen LogP contribution in [0.2, 0.25) is 0 Å². The van der Waals surface area contributed by atoms with Crippen LogP contribution in [0.1, 0.15) is 40.0 Å². The molecule has 2 saturated heterocycles. The Kier molecular flexibility index (Phi) is 5.66. The van der Waals surface area contributed by atoms with Gasteiger partial charge in [0.2, 0.25) is 0 Å². The Hall–Kier alpha value is -0.810. The minimum Gasteiger partial charge on any atom is -0.373 e. The van der Waals surface area contributed by atoms with Crippen molar-refractivity contribution in [2.24, 2.45) is 4.99 Å². The summed E-state index contributed by atoms with van der Waals surface area (Å²) < 4.78 is 5.87. The summed E-state index contributed by atoms with van der Waals surface area (Å²) in [5, 5.41) is 6.93. The van der Waals surface area contributed by atoms with Crippen LogP contribution in [0.3, 0.4) is 0 Å². The molecule has 3 unspecified atom stereocenters. The average Bonchev–Trinajstić information content (AvgIpc) is 3.04. The van der Waals surface area contributed by atoms with Gasteiger partial charge in [-0.1, -0.05) is 6.92 Å². The SMILES string of the molecule is CCN(CCNC(=NC)NC1CC2CCC1O2)C(C)C. The van der Waals surface area contributed by atoms with Crippen molar-refractivity contribution in [3.63, 3.8) is 0 Å². The van der Waals surface area contributed by atoms with Crippen LogP contribution in [0, 0.1) is 0 Å². The lowest BCUT2D eigenvalue weighted by molar-refractivity contribution is 0.0992. The summed E-state index contributed by atoms with van der Waals surface area (Å²) in [7, 11) is 1.84. The van der Waals surface area contributed by atoms with Gasteiger partial charge in [-0.2, -0.15) is 0 Å². The van der Waals surface area contributed by atoms with Gasteiger partial charge in [-0.3, -0.25) is 9.89 Å². The number of likely N-dealkylation sites (N-methyl/N-ethyl adjacent to an activating group) is 1. The molecule has 0 saturated carbocycles. The molecular formula is C15H30N4O. The fourth-order valence-electron chi connectivity index (χ4n) is 3.26.